The number of nitriles is 1. The summed E-state index contributed by atoms with van der Waals surface area (Å²) in [5.41, 5.74) is 0.595. The number of aromatic nitrogens is 2. The Bertz CT molecular complexity index is 478. The molecule has 0 spiro atoms. The van der Waals surface area contributed by atoms with Gasteiger partial charge in [0.25, 0.3) is 0 Å². The molecule has 2 rings (SSSR count). The van der Waals surface area contributed by atoms with Crippen LogP contribution >= 0.6 is 0 Å². The Hall–Kier alpha value is -1.67. The molecule has 18 heavy (non-hydrogen) atoms. The van der Waals surface area contributed by atoms with Gasteiger partial charge in [0.15, 0.2) is 0 Å². The van der Waals surface area contributed by atoms with Crippen LogP contribution in [0.5, 0.6) is 0 Å². The molecular formula is C13H18N4O. The van der Waals surface area contributed by atoms with Crippen LogP contribution in [0.3, 0.4) is 0 Å². The van der Waals surface area contributed by atoms with Crippen LogP contribution in [0.25, 0.3) is 0 Å². The van der Waals surface area contributed by atoms with E-state index in [2.05, 4.69) is 20.9 Å². The first-order valence-corrected chi connectivity index (χ1v) is 6.23. The third-order valence-corrected chi connectivity index (χ3v) is 3.30. The van der Waals surface area contributed by atoms with Gasteiger partial charge >= 0.3 is 0 Å². The maximum Gasteiger partial charge on any atom is 0.226 e. The van der Waals surface area contributed by atoms with Crippen molar-refractivity contribution in [3.63, 3.8) is 0 Å². The standard InChI is InChI=1S/C13H18N4O/c1-10-8-11(9-14)16-12(15-10)17-6-3-4-13(2,18)5-7-17/h8,18H,3-7H2,1-2H3. The second-order valence-electron chi connectivity index (χ2n) is 5.14. The van der Waals surface area contributed by atoms with Crippen molar-refractivity contribution >= 4 is 5.95 Å². The molecule has 2 heterocycles. The normalized spacial score (nSPS) is 24.4. The van der Waals surface area contributed by atoms with Crippen molar-refractivity contribution in [2.45, 2.75) is 38.7 Å². The topological polar surface area (TPSA) is 73.0 Å². The van der Waals surface area contributed by atoms with Gasteiger partial charge in [0, 0.05) is 18.8 Å². The lowest BCUT2D eigenvalue weighted by Gasteiger charge is -2.22. The van der Waals surface area contributed by atoms with Crippen LogP contribution < -0.4 is 4.90 Å². The molecule has 1 atom stereocenters. The maximum absolute atomic E-state index is 10.1. The Labute approximate surface area is 107 Å². The molecule has 0 aromatic carbocycles. The lowest BCUT2D eigenvalue weighted by molar-refractivity contribution is 0.0481. The van der Waals surface area contributed by atoms with Crippen LogP contribution in [-0.2, 0) is 0 Å². The fraction of sp³-hybridized carbons (Fsp3) is 0.615. The average molecular weight is 246 g/mol. The fourth-order valence-electron chi connectivity index (χ4n) is 2.21. The highest BCUT2D eigenvalue weighted by molar-refractivity contribution is 5.36. The zero-order valence-corrected chi connectivity index (χ0v) is 10.8. The van der Waals surface area contributed by atoms with E-state index in [9.17, 15) is 5.11 Å². The van der Waals surface area contributed by atoms with Crippen molar-refractivity contribution < 1.29 is 5.11 Å². The van der Waals surface area contributed by atoms with Crippen LogP contribution in [0, 0.1) is 18.3 Å². The molecule has 96 valence electrons. The summed E-state index contributed by atoms with van der Waals surface area (Å²) in [7, 11) is 0. The molecule has 1 aromatic rings. The third-order valence-electron chi connectivity index (χ3n) is 3.30. The van der Waals surface area contributed by atoms with Crippen LogP contribution in [0.2, 0.25) is 0 Å². The Morgan fingerprint density at radius 2 is 2.17 bits per heavy atom. The molecular weight excluding hydrogens is 228 g/mol. The van der Waals surface area contributed by atoms with E-state index in [1.165, 1.54) is 0 Å². The van der Waals surface area contributed by atoms with Gasteiger partial charge < -0.3 is 10.0 Å². The van der Waals surface area contributed by atoms with Gasteiger partial charge in [-0.25, -0.2) is 9.97 Å². The molecule has 1 saturated heterocycles. The Morgan fingerprint density at radius 1 is 1.39 bits per heavy atom. The van der Waals surface area contributed by atoms with Crippen molar-refractivity contribution in [2.75, 3.05) is 18.0 Å². The van der Waals surface area contributed by atoms with Crippen molar-refractivity contribution in [2.24, 2.45) is 0 Å². The third kappa shape index (κ3) is 2.96. The van der Waals surface area contributed by atoms with E-state index < -0.39 is 5.60 Å². The van der Waals surface area contributed by atoms with Gasteiger partial charge in [0.2, 0.25) is 5.95 Å². The predicted molar refractivity (Wildman–Crippen MR) is 68.2 cm³/mol. The summed E-state index contributed by atoms with van der Waals surface area (Å²) < 4.78 is 0. The lowest BCUT2D eigenvalue weighted by Crippen LogP contribution is -2.29. The quantitative estimate of drug-likeness (QED) is 0.810. The summed E-state index contributed by atoms with van der Waals surface area (Å²) in [6, 6.07) is 3.73. The van der Waals surface area contributed by atoms with E-state index >= 15 is 0 Å². The summed E-state index contributed by atoms with van der Waals surface area (Å²) in [5.74, 6) is 0.601. The molecule has 1 aromatic heterocycles. The Kier molecular flexibility index (Phi) is 3.48. The lowest BCUT2D eigenvalue weighted by atomic mass is 9.98. The van der Waals surface area contributed by atoms with Gasteiger partial charge in [-0.3, -0.25) is 0 Å². The highest BCUT2D eigenvalue weighted by Gasteiger charge is 2.26. The van der Waals surface area contributed by atoms with Gasteiger partial charge in [-0.1, -0.05) is 0 Å². The van der Waals surface area contributed by atoms with Crippen molar-refractivity contribution in [3.05, 3.63) is 17.5 Å². The summed E-state index contributed by atoms with van der Waals surface area (Å²) in [4.78, 5) is 10.7. The van der Waals surface area contributed by atoms with Crippen LogP contribution in [0.15, 0.2) is 6.07 Å². The highest BCUT2D eigenvalue weighted by Crippen LogP contribution is 2.23. The zero-order chi connectivity index (χ0) is 13.2. The molecule has 0 bridgehead atoms. The summed E-state index contributed by atoms with van der Waals surface area (Å²) in [6.45, 7) is 5.28. The van der Waals surface area contributed by atoms with E-state index in [0.29, 0.717) is 18.1 Å². The van der Waals surface area contributed by atoms with Crippen LogP contribution in [0.4, 0.5) is 5.95 Å². The molecule has 5 heteroatoms. The summed E-state index contributed by atoms with van der Waals surface area (Å²) in [5, 5.41) is 19.0. The minimum atomic E-state index is -0.601. The highest BCUT2D eigenvalue weighted by atomic mass is 16.3. The number of nitrogens with zero attached hydrogens (tertiary/aromatic N) is 4. The molecule has 1 aliphatic heterocycles. The van der Waals surface area contributed by atoms with Gasteiger partial charge in [0.1, 0.15) is 11.8 Å². The number of anilines is 1. The van der Waals surface area contributed by atoms with E-state index in [4.69, 9.17) is 5.26 Å². The molecule has 1 N–H and O–H groups in total. The zero-order valence-electron chi connectivity index (χ0n) is 10.8. The van der Waals surface area contributed by atoms with Crippen molar-refractivity contribution in [1.82, 2.24) is 9.97 Å². The fourth-order valence-corrected chi connectivity index (χ4v) is 2.21. The smallest absolute Gasteiger partial charge is 0.226 e. The molecule has 1 fully saturated rings. The number of aryl methyl sites for hydroxylation is 1. The number of aliphatic hydroxyl groups is 1. The number of hydrogen-bond donors (Lipinski definition) is 1. The van der Waals surface area contributed by atoms with Crippen LogP contribution in [-0.4, -0.2) is 33.8 Å². The van der Waals surface area contributed by atoms with E-state index in [-0.39, 0.29) is 0 Å². The van der Waals surface area contributed by atoms with Crippen molar-refractivity contribution in [3.8, 4) is 6.07 Å². The van der Waals surface area contributed by atoms with Crippen LogP contribution in [0.1, 0.15) is 37.6 Å². The number of hydrogen-bond acceptors (Lipinski definition) is 5. The van der Waals surface area contributed by atoms with Gasteiger partial charge in [-0.15, -0.1) is 0 Å². The largest absolute Gasteiger partial charge is 0.390 e. The summed E-state index contributed by atoms with van der Waals surface area (Å²) >= 11 is 0. The Balaban J connectivity index is 2.21. The molecule has 0 amide bonds. The van der Waals surface area contributed by atoms with Crippen molar-refractivity contribution in [1.29, 1.82) is 5.26 Å². The summed E-state index contributed by atoms with van der Waals surface area (Å²) in [6.07, 6.45) is 2.40. The molecule has 0 radical (unpaired) electrons. The van der Waals surface area contributed by atoms with Gasteiger partial charge in [-0.2, -0.15) is 5.26 Å². The molecule has 5 nitrogen and oxygen atoms in total. The second-order valence-corrected chi connectivity index (χ2v) is 5.14. The van der Waals surface area contributed by atoms with Gasteiger partial charge in [0.05, 0.1) is 5.60 Å². The molecule has 1 unspecified atom stereocenters. The van der Waals surface area contributed by atoms with E-state index in [1.807, 2.05) is 13.8 Å². The molecule has 1 aliphatic rings. The Morgan fingerprint density at radius 3 is 2.89 bits per heavy atom. The van der Waals surface area contributed by atoms with Gasteiger partial charge in [-0.05, 0) is 39.2 Å². The molecule has 0 saturated carbocycles. The molecule has 0 aliphatic carbocycles. The van der Waals surface area contributed by atoms with E-state index in [1.54, 1.807) is 6.07 Å². The average Bonchev–Trinajstić information content (AvgIpc) is 2.49. The second kappa shape index (κ2) is 4.91. The monoisotopic (exact) mass is 246 g/mol. The first-order valence-electron chi connectivity index (χ1n) is 6.23. The first-order chi connectivity index (χ1) is 8.50. The minimum Gasteiger partial charge on any atom is -0.390 e. The predicted octanol–water partition coefficient (Wildman–Crippen LogP) is 1.40. The first kappa shape index (κ1) is 12.8. The minimum absolute atomic E-state index is 0.397. The van der Waals surface area contributed by atoms with E-state index in [0.717, 1.165) is 31.6 Å². The SMILES string of the molecule is Cc1cc(C#N)nc(N2CCCC(C)(O)CC2)n1. The number of rotatable bonds is 1. The maximum atomic E-state index is 10.1.